The number of carbonyl (C=O) groups is 1. The highest BCUT2D eigenvalue weighted by molar-refractivity contribution is 5.79. The number of carbonyl (C=O) groups excluding carboxylic acids is 1. The predicted octanol–water partition coefficient (Wildman–Crippen LogP) is 2.23. The van der Waals surface area contributed by atoms with Crippen molar-refractivity contribution in [3.8, 4) is 0 Å². The van der Waals surface area contributed by atoms with E-state index in [0.717, 1.165) is 63.4 Å². The summed E-state index contributed by atoms with van der Waals surface area (Å²) in [6.07, 6.45) is 6.54. The minimum absolute atomic E-state index is 0.188. The maximum atomic E-state index is 12.0. The average Bonchev–Trinajstić information content (AvgIpc) is 3.14. The molecule has 3 heterocycles. The molecule has 27 heavy (non-hydrogen) atoms. The van der Waals surface area contributed by atoms with E-state index in [1.54, 1.807) is 0 Å². The fraction of sp³-hybridized carbons (Fsp3) is 0.650. The number of nitrogens with one attached hydrogen (secondary N) is 1. The second-order valence-electron chi connectivity index (χ2n) is 7.91. The molecule has 0 aromatic carbocycles. The molecule has 1 N–H and O–H groups in total. The molecule has 0 saturated heterocycles. The zero-order valence-electron chi connectivity index (χ0n) is 16.4. The molecule has 7 nitrogen and oxygen atoms in total. The summed E-state index contributed by atoms with van der Waals surface area (Å²) >= 11 is 0. The molecule has 0 radical (unpaired) electrons. The lowest BCUT2D eigenvalue weighted by atomic mass is 9.85. The van der Waals surface area contributed by atoms with Gasteiger partial charge in [0.2, 0.25) is 5.91 Å². The van der Waals surface area contributed by atoms with E-state index in [9.17, 15) is 4.79 Å². The first-order chi connectivity index (χ1) is 13.1. The van der Waals surface area contributed by atoms with Gasteiger partial charge in [-0.1, -0.05) is 13.3 Å². The van der Waals surface area contributed by atoms with Crippen LogP contribution in [0.1, 0.15) is 55.3 Å². The standard InChI is InChI=1S/C20H30N6O/c1-3-7-25-13-17(15(2)22-25)12-24-8-9-26-19(14-24)10-18(23-26)11-21-20(27)16-5-4-6-16/h10,13,16H,3-9,11-12,14H2,1-2H3,(H,21,27). The Balaban J connectivity index is 1.34. The first-order valence-electron chi connectivity index (χ1n) is 10.2. The van der Waals surface area contributed by atoms with Crippen molar-refractivity contribution in [1.29, 1.82) is 0 Å². The Labute approximate surface area is 160 Å². The van der Waals surface area contributed by atoms with Crippen molar-refractivity contribution in [3.05, 3.63) is 34.9 Å². The number of fused-ring (bicyclic) bond motifs is 1. The van der Waals surface area contributed by atoms with Gasteiger partial charge in [0.05, 0.1) is 30.2 Å². The zero-order valence-corrected chi connectivity index (χ0v) is 16.4. The lowest BCUT2D eigenvalue weighted by Crippen LogP contribution is -2.34. The molecule has 0 bridgehead atoms. The lowest BCUT2D eigenvalue weighted by Gasteiger charge is -2.27. The molecule has 1 fully saturated rings. The normalized spacial score (nSPS) is 17.6. The predicted molar refractivity (Wildman–Crippen MR) is 103 cm³/mol. The van der Waals surface area contributed by atoms with Gasteiger partial charge in [-0.25, -0.2) is 0 Å². The summed E-state index contributed by atoms with van der Waals surface area (Å²) in [5.74, 6) is 0.419. The Hall–Kier alpha value is -2.15. The molecule has 2 aromatic rings. The van der Waals surface area contributed by atoms with Crippen molar-refractivity contribution in [2.45, 2.75) is 72.3 Å². The van der Waals surface area contributed by atoms with E-state index in [0.29, 0.717) is 6.54 Å². The van der Waals surface area contributed by atoms with Gasteiger partial charge in [-0.05, 0) is 32.3 Å². The number of aryl methyl sites for hydroxylation is 2. The van der Waals surface area contributed by atoms with Crippen LogP contribution in [0.25, 0.3) is 0 Å². The Morgan fingerprint density at radius 3 is 2.89 bits per heavy atom. The Kier molecular flexibility index (Phi) is 5.29. The molecule has 1 amide bonds. The maximum absolute atomic E-state index is 12.0. The topological polar surface area (TPSA) is 68.0 Å². The van der Waals surface area contributed by atoms with Crippen molar-refractivity contribution >= 4 is 5.91 Å². The highest BCUT2D eigenvalue weighted by atomic mass is 16.1. The highest BCUT2D eigenvalue weighted by Gasteiger charge is 2.25. The van der Waals surface area contributed by atoms with Gasteiger partial charge in [0, 0.05) is 43.9 Å². The van der Waals surface area contributed by atoms with Crippen LogP contribution < -0.4 is 5.32 Å². The summed E-state index contributed by atoms with van der Waals surface area (Å²) in [4.78, 5) is 14.5. The molecule has 146 valence electrons. The molecule has 7 heteroatoms. The number of aromatic nitrogens is 4. The van der Waals surface area contributed by atoms with E-state index < -0.39 is 0 Å². The first kappa shape index (κ1) is 18.2. The minimum Gasteiger partial charge on any atom is -0.350 e. The van der Waals surface area contributed by atoms with E-state index in [2.05, 4.69) is 55.9 Å². The van der Waals surface area contributed by atoms with E-state index in [-0.39, 0.29) is 11.8 Å². The Morgan fingerprint density at radius 1 is 1.30 bits per heavy atom. The van der Waals surface area contributed by atoms with E-state index in [1.165, 1.54) is 17.7 Å². The van der Waals surface area contributed by atoms with Gasteiger partial charge in [0.1, 0.15) is 0 Å². The third-order valence-corrected chi connectivity index (χ3v) is 5.74. The summed E-state index contributed by atoms with van der Waals surface area (Å²) in [5.41, 5.74) is 4.63. The van der Waals surface area contributed by atoms with Crippen LogP contribution in [0.2, 0.25) is 0 Å². The van der Waals surface area contributed by atoms with Crippen LogP contribution in [0.15, 0.2) is 12.3 Å². The maximum Gasteiger partial charge on any atom is 0.223 e. The van der Waals surface area contributed by atoms with Crippen LogP contribution in [0, 0.1) is 12.8 Å². The second kappa shape index (κ2) is 7.84. The van der Waals surface area contributed by atoms with E-state index >= 15 is 0 Å². The van der Waals surface area contributed by atoms with Gasteiger partial charge < -0.3 is 5.32 Å². The quantitative estimate of drug-likeness (QED) is 0.812. The molecule has 1 saturated carbocycles. The van der Waals surface area contributed by atoms with Crippen molar-refractivity contribution < 1.29 is 4.79 Å². The summed E-state index contributed by atoms with van der Waals surface area (Å²) < 4.78 is 4.15. The minimum atomic E-state index is 0.188. The summed E-state index contributed by atoms with van der Waals surface area (Å²) in [7, 11) is 0. The van der Waals surface area contributed by atoms with Crippen molar-refractivity contribution in [2.24, 2.45) is 5.92 Å². The largest absolute Gasteiger partial charge is 0.350 e. The SMILES string of the molecule is CCCn1cc(CN2CCn3nc(CNC(=O)C4CCC4)cc3C2)c(C)n1. The number of amides is 1. The number of hydrogen-bond donors (Lipinski definition) is 1. The van der Waals surface area contributed by atoms with Crippen LogP contribution in [-0.4, -0.2) is 36.9 Å². The molecule has 4 rings (SSSR count). The van der Waals surface area contributed by atoms with Crippen LogP contribution in [0.4, 0.5) is 0 Å². The van der Waals surface area contributed by atoms with E-state index in [4.69, 9.17) is 0 Å². The van der Waals surface area contributed by atoms with Crippen molar-refractivity contribution in [1.82, 2.24) is 29.8 Å². The molecule has 1 aliphatic heterocycles. The number of hydrogen-bond acceptors (Lipinski definition) is 4. The number of nitrogens with zero attached hydrogens (tertiary/aromatic N) is 5. The molecule has 1 aliphatic carbocycles. The zero-order chi connectivity index (χ0) is 18.8. The van der Waals surface area contributed by atoms with Crippen molar-refractivity contribution in [2.75, 3.05) is 6.54 Å². The fourth-order valence-corrected chi connectivity index (χ4v) is 3.89. The van der Waals surface area contributed by atoms with Gasteiger partial charge in [-0.3, -0.25) is 19.1 Å². The van der Waals surface area contributed by atoms with E-state index in [1.807, 2.05) is 0 Å². The van der Waals surface area contributed by atoms with Gasteiger partial charge in [0.25, 0.3) is 0 Å². The van der Waals surface area contributed by atoms with Gasteiger partial charge in [-0.2, -0.15) is 10.2 Å². The van der Waals surface area contributed by atoms with Crippen molar-refractivity contribution in [3.63, 3.8) is 0 Å². The Morgan fingerprint density at radius 2 is 2.15 bits per heavy atom. The third kappa shape index (κ3) is 4.08. The molecule has 2 aromatic heterocycles. The molecule has 2 aliphatic rings. The monoisotopic (exact) mass is 370 g/mol. The summed E-state index contributed by atoms with van der Waals surface area (Å²) in [6.45, 7) is 9.49. The fourth-order valence-electron chi connectivity index (χ4n) is 3.89. The molecule has 0 atom stereocenters. The first-order valence-corrected chi connectivity index (χ1v) is 10.2. The lowest BCUT2D eigenvalue weighted by molar-refractivity contribution is -0.127. The van der Waals surface area contributed by atoms with Gasteiger partial charge in [0.15, 0.2) is 0 Å². The van der Waals surface area contributed by atoms with Gasteiger partial charge in [-0.15, -0.1) is 0 Å². The molecular formula is C20H30N6O. The molecule has 0 spiro atoms. The number of rotatable bonds is 7. The smallest absolute Gasteiger partial charge is 0.223 e. The van der Waals surface area contributed by atoms with Crippen LogP contribution in [0.5, 0.6) is 0 Å². The van der Waals surface area contributed by atoms with Crippen LogP contribution in [-0.2, 0) is 37.5 Å². The highest BCUT2D eigenvalue weighted by Crippen LogP contribution is 2.26. The summed E-state index contributed by atoms with van der Waals surface area (Å²) in [5, 5.41) is 12.3. The van der Waals surface area contributed by atoms with Crippen LogP contribution in [0.3, 0.4) is 0 Å². The third-order valence-electron chi connectivity index (χ3n) is 5.74. The second-order valence-corrected chi connectivity index (χ2v) is 7.91. The van der Waals surface area contributed by atoms with Crippen LogP contribution >= 0.6 is 0 Å². The average molecular weight is 371 g/mol. The Bertz CT molecular complexity index is 803. The summed E-state index contributed by atoms with van der Waals surface area (Å²) in [6, 6.07) is 2.14. The van der Waals surface area contributed by atoms with Gasteiger partial charge >= 0.3 is 0 Å². The molecular weight excluding hydrogens is 340 g/mol. The molecule has 0 unspecified atom stereocenters.